The lowest BCUT2D eigenvalue weighted by Gasteiger charge is -2.29. The van der Waals surface area contributed by atoms with Crippen LogP contribution in [0.25, 0.3) is 0 Å². The number of rotatable bonds is 2. The van der Waals surface area contributed by atoms with Crippen molar-refractivity contribution >= 4 is 11.9 Å². The van der Waals surface area contributed by atoms with Crippen LogP contribution in [0.5, 0.6) is 0 Å². The summed E-state index contributed by atoms with van der Waals surface area (Å²) in [7, 11) is 0. The maximum atomic E-state index is 11.7. The highest BCUT2D eigenvalue weighted by molar-refractivity contribution is 5.97. The molecule has 4 nitrogen and oxygen atoms in total. The van der Waals surface area contributed by atoms with Gasteiger partial charge in [0, 0.05) is 12.5 Å². The quantitative estimate of drug-likeness (QED) is 0.818. The fourth-order valence-corrected chi connectivity index (χ4v) is 1.75. The zero-order chi connectivity index (χ0) is 11.5. The number of carbonyl (C=O) groups excluding carboxylic acids is 2. The minimum atomic E-state index is -0.299. The summed E-state index contributed by atoms with van der Waals surface area (Å²) in [6, 6.07) is 9.13. The number of hydrogen-bond acceptors (Lipinski definition) is 2. The molecule has 16 heavy (non-hydrogen) atoms. The van der Waals surface area contributed by atoms with Crippen LogP contribution in [0.2, 0.25) is 0 Å². The first-order chi connectivity index (χ1) is 7.66. The van der Waals surface area contributed by atoms with E-state index >= 15 is 0 Å². The van der Waals surface area contributed by atoms with Crippen LogP contribution in [0.4, 0.5) is 4.79 Å². The van der Waals surface area contributed by atoms with Crippen LogP contribution in [0.15, 0.2) is 30.3 Å². The van der Waals surface area contributed by atoms with E-state index in [2.05, 4.69) is 5.32 Å². The Labute approximate surface area is 94.2 Å². The Morgan fingerprint density at radius 3 is 2.62 bits per heavy atom. The SMILES string of the molecule is CC1CC(=O)N(Cc2ccccc2)C(=O)N1. The molecule has 1 fully saturated rings. The molecule has 0 spiro atoms. The topological polar surface area (TPSA) is 49.4 Å². The molecule has 2 rings (SSSR count). The van der Waals surface area contributed by atoms with Crippen LogP contribution in [-0.2, 0) is 11.3 Å². The van der Waals surface area contributed by atoms with Gasteiger partial charge in [-0.2, -0.15) is 0 Å². The molecule has 0 aliphatic carbocycles. The zero-order valence-corrected chi connectivity index (χ0v) is 9.14. The Morgan fingerprint density at radius 2 is 2.00 bits per heavy atom. The van der Waals surface area contributed by atoms with Gasteiger partial charge in [-0.1, -0.05) is 30.3 Å². The van der Waals surface area contributed by atoms with Crippen molar-refractivity contribution in [2.45, 2.75) is 25.9 Å². The standard InChI is InChI=1S/C12H14N2O2/c1-9-7-11(15)14(12(16)13-9)8-10-5-3-2-4-6-10/h2-6,9H,7-8H2,1H3,(H,13,16). The second-order valence-corrected chi connectivity index (χ2v) is 4.02. The predicted molar refractivity (Wildman–Crippen MR) is 59.6 cm³/mol. The fourth-order valence-electron chi connectivity index (χ4n) is 1.75. The summed E-state index contributed by atoms with van der Waals surface area (Å²) in [6.07, 6.45) is 0.374. The van der Waals surface area contributed by atoms with Crippen molar-refractivity contribution in [2.24, 2.45) is 0 Å². The van der Waals surface area contributed by atoms with Crippen molar-refractivity contribution in [3.05, 3.63) is 35.9 Å². The number of imide groups is 1. The first-order valence-corrected chi connectivity index (χ1v) is 5.31. The zero-order valence-electron chi connectivity index (χ0n) is 9.14. The molecule has 3 amide bonds. The van der Waals surface area contributed by atoms with Crippen molar-refractivity contribution < 1.29 is 9.59 Å². The minimum Gasteiger partial charge on any atom is -0.335 e. The highest BCUT2D eigenvalue weighted by Gasteiger charge is 2.29. The first kappa shape index (κ1) is 10.7. The van der Waals surface area contributed by atoms with E-state index in [1.807, 2.05) is 37.3 Å². The molecular formula is C12H14N2O2. The second kappa shape index (κ2) is 4.35. The van der Waals surface area contributed by atoms with Crippen LogP contribution < -0.4 is 5.32 Å². The summed E-state index contributed by atoms with van der Waals surface area (Å²) in [6.45, 7) is 2.17. The molecule has 1 saturated heterocycles. The van der Waals surface area contributed by atoms with E-state index in [1.54, 1.807) is 0 Å². The Bertz CT molecular complexity index is 385. The van der Waals surface area contributed by atoms with E-state index in [-0.39, 0.29) is 18.0 Å². The Morgan fingerprint density at radius 1 is 1.31 bits per heavy atom. The lowest BCUT2D eigenvalue weighted by atomic mass is 10.1. The van der Waals surface area contributed by atoms with Crippen LogP contribution in [0, 0.1) is 0 Å². The highest BCUT2D eigenvalue weighted by atomic mass is 16.2. The number of benzene rings is 1. The number of nitrogens with zero attached hydrogens (tertiary/aromatic N) is 1. The van der Waals surface area contributed by atoms with E-state index in [4.69, 9.17) is 0 Å². The molecule has 0 bridgehead atoms. The summed E-state index contributed by atoms with van der Waals surface area (Å²) in [5.41, 5.74) is 0.959. The molecule has 1 aliphatic heterocycles. The predicted octanol–water partition coefficient (Wildman–Crippen LogP) is 1.52. The normalized spacial score (nSPS) is 20.8. The summed E-state index contributed by atoms with van der Waals surface area (Å²) in [5, 5.41) is 2.75. The van der Waals surface area contributed by atoms with Crippen LogP contribution in [0.3, 0.4) is 0 Å². The summed E-state index contributed by atoms with van der Waals surface area (Å²) in [4.78, 5) is 24.6. The van der Waals surface area contributed by atoms with E-state index < -0.39 is 0 Å². The fraction of sp³-hybridized carbons (Fsp3) is 0.333. The van der Waals surface area contributed by atoms with Gasteiger partial charge in [0.2, 0.25) is 5.91 Å². The number of carbonyl (C=O) groups is 2. The monoisotopic (exact) mass is 218 g/mol. The molecule has 1 aliphatic rings. The van der Waals surface area contributed by atoms with Crippen molar-refractivity contribution in [1.82, 2.24) is 10.2 Å². The Hall–Kier alpha value is -1.84. The van der Waals surface area contributed by atoms with E-state index in [0.29, 0.717) is 13.0 Å². The van der Waals surface area contributed by atoms with Crippen LogP contribution in [0.1, 0.15) is 18.9 Å². The smallest absolute Gasteiger partial charge is 0.324 e. The molecule has 1 heterocycles. The Kier molecular flexibility index (Phi) is 2.90. The summed E-state index contributed by atoms with van der Waals surface area (Å²) >= 11 is 0. The third-order valence-electron chi connectivity index (χ3n) is 2.58. The first-order valence-electron chi connectivity index (χ1n) is 5.31. The van der Waals surface area contributed by atoms with Gasteiger partial charge in [-0.25, -0.2) is 4.79 Å². The van der Waals surface area contributed by atoms with E-state index in [0.717, 1.165) is 5.56 Å². The van der Waals surface area contributed by atoms with Gasteiger partial charge < -0.3 is 5.32 Å². The maximum Gasteiger partial charge on any atom is 0.324 e. The average Bonchev–Trinajstić information content (AvgIpc) is 2.25. The Balaban J connectivity index is 2.10. The molecule has 4 heteroatoms. The average molecular weight is 218 g/mol. The van der Waals surface area contributed by atoms with Gasteiger partial charge in [-0.15, -0.1) is 0 Å². The molecule has 0 saturated carbocycles. The molecule has 0 aromatic heterocycles. The molecule has 1 aromatic rings. The van der Waals surface area contributed by atoms with Crippen molar-refractivity contribution in [2.75, 3.05) is 0 Å². The number of nitrogens with one attached hydrogen (secondary N) is 1. The third kappa shape index (κ3) is 2.21. The number of hydrogen-bond donors (Lipinski definition) is 1. The highest BCUT2D eigenvalue weighted by Crippen LogP contribution is 2.11. The van der Waals surface area contributed by atoms with E-state index in [1.165, 1.54) is 4.90 Å². The van der Waals surface area contributed by atoms with Crippen molar-refractivity contribution in [3.63, 3.8) is 0 Å². The number of amides is 3. The molecular weight excluding hydrogens is 204 g/mol. The molecule has 1 atom stereocenters. The number of urea groups is 1. The van der Waals surface area contributed by atoms with Crippen molar-refractivity contribution in [1.29, 1.82) is 0 Å². The second-order valence-electron chi connectivity index (χ2n) is 4.02. The maximum absolute atomic E-state index is 11.7. The summed E-state index contributed by atoms with van der Waals surface area (Å²) < 4.78 is 0. The van der Waals surface area contributed by atoms with Gasteiger partial charge in [0.05, 0.1) is 6.54 Å². The molecule has 84 valence electrons. The van der Waals surface area contributed by atoms with Gasteiger partial charge >= 0.3 is 6.03 Å². The van der Waals surface area contributed by atoms with Gasteiger partial charge in [0.1, 0.15) is 0 Å². The minimum absolute atomic E-state index is 0.0629. The molecule has 0 radical (unpaired) electrons. The van der Waals surface area contributed by atoms with E-state index in [9.17, 15) is 9.59 Å². The van der Waals surface area contributed by atoms with Gasteiger partial charge in [0.25, 0.3) is 0 Å². The van der Waals surface area contributed by atoms with Gasteiger partial charge in [-0.05, 0) is 12.5 Å². The molecule has 1 aromatic carbocycles. The van der Waals surface area contributed by atoms with Crippen LogP contribution in [-0.4, -0.2) is 22.9 Å². The van der Waals surface area contributed by atoms with Gasteiger partial charge in [0.15, 0.2) is 0 Å². The lowest BCUT2D eigenvalue weighted by Crippen LogP contribution is -2.53. The lowest BCUT2D eigenvalue weighted by molar-refractivity contribution is -0.130. The molecule has 1 unspecified atom stereocenters. The third-order valence-corrected chi connectivity index (χ3v) is 2.58. The van der Waals surface area contributed by atoms with Crippen molar-refractivity contribution in [3.8, 4) is 0 Å². The summed E-state index contributed by atoms with van der Waals surface area (Å²) in [5.74, 6) is -0.111. The largest absolute Gasteiger partial charge is 0.335 e. The van der Waals surface area contributed by atoms with Crippen LogP contribution >= 0.6 is 0 Å². The molecule has 1 N–H and O–H groups in total. The van der Waals surface area contributed by atoms with Gasteiger partial charge in [-0.3, -0.25) is 9.69 Å².